The summed E-state index contributed by atoms with van der Waals surface area (Å²) < 4.78 is 58.6. The maximum Gasteiger partial charge on any atom is 0.509 e. The average Bonchev–Trinajstić information content (AvgIpc) is 2.04. The monoisotopic (exact) mass is 272 g/mol. The highest BCUT2D eigenvalue weighted by Crippen LogP contribution is 2.19. The van der Waals surface area contributed by atoms with Crippen LogP contribution < -0.4 is 10.6 Å². The van der Waals surface area contributed by atoms with Crippen LogP contribution >= 0.6 is 11.6 Å². The van der Waals surface area contributed by atoms with E-state index in [4.69, 9.17) is 16.7 Å². The largest absolute Gasteiger partial charge is 0.509 e. The first-order chi connectivity index (χ1) is 7.09. The molecule has 2 N–H and O–H groups in total. The van der Waals surface area contributed by atoms with Crippen molar-refractivity contribution in [3.05, 3.63) is 28.8 Å². The first-order valence-electron chi connectivity index (χ1n) is 4.08. The van der Waals surface area contributed by atoms with Gasteiger partial charge in [0.15, 0.2) is 0 Å². The molecule has 90 valence electrons. The topological polar surface area (TPSA) is 60.2 Å². The minimum absolute atomic E-state index is 0.0576. The van der Waals surface area contributed by atoms with Crippen LogP contribution in [-0.2, 0) is 15.8 Å². The van der Waals surface area contributed by atoms with Crippen molar-refractivity contribution in [3.8, 4) is 0 Å². The van der Waals surface area contributed by atoms with E-state index in [1.165, 1.54) is 0 Å². The zero-order chi connectivity index (χ0) is 12.6. The highest BCUT2D eigenvalue weighted by atomic mass is 35.5. The average molecular weight is 272 g/mol. The van der Waals surface area contributed by atoms with Crippen LogP contribution in [-0.4, -0.2) is 15.4 Å². The van der Waals surface area contributed by atoms with E-state index in [2.05, 4.69) is 0 Å². The summed E-state index contributed by atoms with van der Waals surface area (Å²) in [7, 11) is -3.91. The summed E-state index contributed by atoms with van der Waals surface area (Å²) in [6.45, 7) is -5.18. The first-order valence-corrected chi connectivity index (χ1v) is 6.17. The van der Waals surface area contributed by atoms with Crippen LogP contribution in [0.1, 0.15) is 5.56 Å². The van der Waals surface area contributed by atoms with Gasteiger partial charge in [-0.25, -0.2) is 13.6 Å². The molecule has 3 nitrogen and oxygen atoms in total. The second-order valence-electron chi connectivity index (χ2n) is 3.23. The van der Waals surface area contributed by atoms with E-state index in [-0.39, 0.29) is 10.6 Å². The Labute approximate surface area is 95.5 Å². The molecule has 0 aliphatic heterocycles. The lowest BCUT2D eigenvalue weighted by molar-refractivity contribution is 0.501. The third-order valence-electron chi connectivity index (χ3n) is 1.80. The molecule has 0 fully saturated rings. The van der Waals surface area contributed by atoms with Gasteiger partial charge in [0, 0.05) is 5.02 Å². The summed E-state index contributed by atoms with van der Waals surface area (Å²) in [6.07, 6.45) is 0. The molecule has 0 saturated carbocycles. The second kappa shape index (κ2) is 4.27. The fourth-order valence-electron chi connectivity index (χ4n) is 1.13. The maximum atomic E-state index is 12.4. The summed E-state index contributed by atoms with van der Waals surface area (Å²) in [5.74, 6) is -0.716. The van der Waals surface area contributed by atoms with E-state index in [9.17, 15) is 21.4 Å². The van der Waals surface area contributed by atoms with Gasteiger partial charge < -0.3 is 12.9 Å². The van der Waals surface area contributed by atoms with Gasteiger partial charge in [0.1, 0.15) is 0 Å². The molecule has 0 aliphatic carbocycles. The Morgan fingerprint density at radius 2 is 1.88 bits per heavy atom. The third kappa shape index (κ3) is 3.69. The molecule has 16 heavy (non-hydrogen) atoms. The lowest BCUT2D eigenvalue weighted by Gasteiger charge is -2.16. The molecule has 0 bridgehead atoms. The van der Waals surface area contributed by atoms with Crippen molar-refractivity contribution in [1.82, 2.24) is 0 Å². The molecule has 0 atom stereocenters. The highest BCUT2D eigenvalue weighted by molar-refractivity contribution is 7.88. The summed E-state index contributed by atoms with van der Waals surface area (Å²) in [6, 6.07) is 2.51. The summed E-state index contributed by atoms with van der Waals surface area (Å²) in [5.41, 5.74) is -1.05. The molecule has 0 unspecified atom stereocenters. The van der Waals surface area contributed by atoms with Gasteiger partial charge in [-0.1, -0.05) is 23.7 Å². The molecular formula is C7H7BClF3NO2S-. The van der Waals surface area contributed by atoms with E-state index < -0.39 is 28.2 Å². The van der Waals surface area contributed by atoms with Crippen LogP contribution in [0.15, 0.2) is 18.2 Å². The lowest BCUT2D eigenvalue weighted by Crippen LogP contribution is -2.34. The molecule has 9 heteroatoms. The van der Waals surface area contributed by atoms with Crippen molar-refractivity contribution >= 4 is 34.1 Å². The molecule has 0 aromatic heterocycles. The second-order valence-corrected chi connectivity index (χ2v) is 5.25. The number of benzene rings is 1. The molecule has 0 aliphatic rings. The maximum absolute atomic E-state index is 12.4. The minimum atomic E-state index is -5.18. The summed E-state index contributed by atoms with van der Waals surface area (Å²) in [4.78, 5) is 0. The van der Waals surface area contributed by atoms with Crippen LogP contribution in [0.2, 0.25) is 5.02 Å². The van der Waals surface area contributed by atoms with E-state index >= 15 is 0 Å². The van der Waals surface area contributed by atoms with E-state index in [1.54, 1.807) is 0 Å². The molecule has 0 amide bonds. The van der Waals surface area contributed by atoms with Gasteiger partial charge in [0.25, 0.3) is 0 Å². The van der Waals surface area contributed by atoms with Crippen LogP contribution in [0.4, 0.5) is 12.9 Å². The number of halogens is 4. The van der Waals surface area contributed by atoms with E-state index in [1.807, 2.05) is 0 Å². The Morgan fingerprint density at radius 1 is 1.31 bits per heavy atom. The fraction of sp³-hybridized carbons (Fsp3) is 0.143. The quantitative estimate of drug-likeness (QED) is 0.840. The minimum Gasteiger partial charge on any atom is -0.445 e. The SMILES string of the molecule is NS(=O)(=O)Cc1cc([B-](F)(F)F)ccc1Cl. The van der Waals surface area contributed by atoms with Crippen LogP contribution in [0.5, 0.6) is 0 Å². The highest BCUT2D eigenvalue weighted by Gasteiger charge is 2.26. The van der Waals surface area contributed by atoms with E-state index in [0.717, 1.165) is 12.1 Å². The van der Waals surface area contributed by atoms with Crippen molar-refractivity contribution in [2.24, 2.45) is 5.14 Å². The van der Waals surface area contributed by atoms with Gasteiger partial charge in [0.05, 0.1) is 5.75 Å². The van der Waals surface area contributed by atoms with Crippen molar-refractivity contribution in [2.45, 2.75) is 5.75 Å². The predicted molar refractivity (Wildman–Crippen MR) is 57.0 cm³/mol. The molecule has 0 heterocycles. The number of primary sulfonamides is 1. The third-order valence-corrected chi connectivity index (χ3v) is 2.89. The normalized spacial score (nSPS) is 12.8. The van der Waals surface area contributed by atoms with Crippen molar-refractivity contribution in [3.63, 3.8) is 0 Å². The fourth-order valence-corrected chi connectivity index (χ4v) is 2.06. The smallest absolute Gasteiger partial charge is 0.445 e. The van der Waals surface area contributed by atoms with Crippen molar-refractivity contribution in [2.75, 3.05) is 0 Å². The number of nitrogens with two attached hydrogens (primary N) is 1. The standard InChI is InChI=1S/C7H7BClF3NO2S/c9-7-2-1-6(8(10,11)12)3-5(7)4-16(13,14)15/h1-3H,4H2,(H2,13,14,15)/q-1. The Balaban J connectivity index is 3.20. The van der Waals surface area contributed by atoms with Crippen molar-refractivity contribution < 1.29 is 21.4 Å². The van der Waals surface area contributed by atoms with E-state index in [0.29, 0.717) is 6.07 Å². The van der Waals surface area contributed by atoms with Gasteiger partial charge >= 0.3 is 6.98 Å². The number of hydrogen-bond acceptors (Lipinski definition) is 2. The predicted octanol–water partition coefficient (Wildman–Crippen LogP) is 1.18. The Kier molecular flexibility index (Phi) is 3.56. The van der Waals surface area contributed by atoms with Gasteiger partial charge in [-0.2, -0.15) is 0 Å². The Hall–Kier alpha value is -0.725. The molecule has 0 saturated heterocycles. The van der Waals surface area contributed by atoms with Gasteiger partial charge in [0.2, 0.25) is 10.0 Å². The van der Waals surface area contributed by atoms with Gasteiger partial charge in [-0.05, 0) is 11.6 Å². The van der Waals surface area contributed by atoms with Crippen LogP contribution in [0, 0.1) is 0 Å². The molecule has 1 rings (SSSR count). The molecular weight excluding hydrogens is 265 g/mol. The van der Waals surface area contributed by atoms with Crippen LogP contribution in [0.3, 0.4) is 0 Å². The van der Waals surface area contributed by atoms with Crippen LogP contribution in [0.25, 0.3) is 0 Å². The first kappa shape index (κ1) is 13.3. The molecule has 0 spiro atoms. The van der Waals surface area contributed by atoms with Crippen molar-refractivity contribution in [1.29, 1.82) is 0 Å². The van der Waals surface area contributed by atoms with Gasteiger partial charge in [-0.3, -0.25) is 0 Å². The Morgan fingerprint density at radius 3 is 2.31 bits per heavy atom. The number of hydrogen-bond donors (Lipinski definition) is 1. The molecule has 1 aromatic carbocycles. The zero-order valence-electron chi connectivity index (χ0n) is 7.83. The summed E-state index contributed by atoms with van der Waals surface area (Å²) in [5, 5.41) is 4.68. The lowest BCUT2D eigenvalue weighted by atomic mass is 9.79. The number of rotatable bonds is 3. The molecule has 0 radical (unpaired) electrons. The summed E-state index contributed by atoms with van der Waals surface area (Å²) >= 11 is 5.57. The number of sulfonamides is 1. The molecule has 1 aromatic rings. The van der Waals surface area contributed by atoms with Gasteiger partial charge in [-0.15, -0.1) is 5.46 Å². The zero-order valence-corrected chi connectivity index (χ0v) is 9.40. The Bertz CT molecular complexity index is 503.